The molecule has 0 radical (unpaired) electrons. The van der Waals surface area contributed by atoms with Crippen molar-refractivity contribution in [1.82, 2.24) is 10.2 Å². The Bertz CT molecular complexity index is 871. The summed E-state index contributed by atoms with van der Waals surface area (Å²) >= 11 is 2.88. The molecule has 0 unspecified atom stereocenters. The van der Waals surface area contributed by atoms with E-state index in [0.717, 1.165) is 15.5 Å². The van der Waals surface area contributed by atoms with E-state index < -0.39 is 4.92 Å². The van der Waals surface area contributed by atoms with Gasteiger partial charge in [-0.25, -0.2) is 4.39 Å². The summed E-state index contributed by atoms with van der Waals surface area (Å²) < 4.78 is 13.6. The van der Waals surface area contributed by atoms with Gasteiger partial charge in [0.15, 0.2) is 4.34 Å². The predicted octanol–water partition coefficient (Wildman–Crippen LogP) is 4.49. The molecule has 1 aromatic heterocycles. The van der Waals surface area contributed by atoms with Gasteiger partial charge in [-0.2, -0.15) is 0 Å². The van der Waals surface area contributed by atoms with Gasteiger partial charge in [0.05, 0.1) is 4.92 Å². The molecule has 0 atom stereocenters. The number of thioether (sulfide) groups is 1. The van der Waals surface area contributed by atoms with Crippen LogP contribution in [0.3, 0.4) is 0 Å². The van der Waals surface area contributed by atoms with Crippen molar-refractivity contribution in [3.63, 3.8) is 0 Å². The van der Waals surface area contributed by atoms with Crippen LogP contribution in [0.2, 0.25) is 0 Å². The van der Waals surface area contributed by atoms with E-state index in [1.165, 1.54) is 41.3 Å². The smallest absolute Gasteiger partial charge is 0.269 e. The van der Waals surface area contributed by atoms with Crippen LogP contribution in [0.25, 0.3) is 0 Å². The standard InChI is InChI=1S/C16H13FN4O2S2/c17-13-6-4-11(5-7-13)9-18-15-19-20-16(25-15)24-10-12-2-1-3-14(8-12)21(22)23/h1-8H,9-10H2,(H,18,19). The molecule has 0 aliphatic rings. The molecule has 0 amide bonds. The first kappa shape index (κ1) is 17.3. The van der Waals surface area contributed by atoms with Crippen molar-refractivity contribution in [2.24, 2.45) is 0 Å². The Hall–Kier alpha value is -2.52. The van der Waals surface area contributed by atoms with E-state index in [2.05, 4.69) is 15.5 Å². The molecule has 2 aromatic carbocycles. The van der Waals surface area contributed by atoms with Crippen molar-refractivity contribution in [3.8, 4) is 0 Å². The number of nitro groups is 1. The molecule has 0 saturated heterocycles. The average molecular weight is 376 g/mol. The molecule has 1 N–H and O–H groups in total. The lowest BCUT2D eigenvalue weighted by atomic mass is 10.2. The second-order valence-electron chi connectivity index (χ2n) is 5.07. The first-order valence-corrected chi connectivity index (χ1v) is 9.08. The van der Waals surface area contributed by atoms with E-state index in [-0.39, 0.29) is 11.5 Å². The zero-order chi connectivity index (χ0) is 17.6. The molecule has 1 heterocycles. The van der Waals surface area contributed by atoms with Gasteiger partial charge in [0, 0.05) is 24.4 Å². The Labute approximate surface area is 151 Å². The Morgan fingerprint density at radius 2 is 1.96 bits per heavy atom. The van der Waals surface area contributed by atoms with Gasteiger partial charge >= 0.3 is 0 Å². The first-order chi connectivity index (χ1) is 12.1. The number of nitrogens with zero attached hydrogens (tertiary/aromatic N) is 3. The van der Waals surface area contributed by atoms with E-state index in [4.69, 9.17) is 0 Å². The third-order valence-corrected chi connectivity index (χ3v) is 5.33. The topological polar surface area (TPSA) is 81.0 Å². The Morgan fingerprint density at radius 1 is 1.16 bits per heavy atom. The highest BCUT2D eigenvalue weighted by molar-refractivity contribution is 8.00. The first-order valence-electron chi connectivity index (χ1n) is 7.28. The Morgan fingerprint density at radius 3 is 2.72 bits per heavy atom. The maximum Gasteiger partial charge on any atom is 0.269 e. The van der Waals surface area contributed by atoms with Crippen LogP contribution in [0.4, 0.5) is 15.2 Å². The lowest BCUT2D eigenvalue weighted by Crippen LogP contribution is -1.98. The molecule has 0 aliphatic heterocycles. The van der Waals surface area contributed by atoms with Crippen molar-refractivity contribution in [1.29, 1.82) is 0 Å². The molecule has 3 rings (SSSR count). The number of aromatic nitrogens is 2. The van der Waals surface area contributed by atoms with Crippen molar-refractivity contribution in [2.45, 2.75) is 16.6 Å². The molecular formula is C16H13FN4O2S2. The lowest BCUT2D eigenvalue weighted by molar-refractivity contribution is -0.384. The summed E-state index contributed by atoms with van der Waals surface area (Å²) in [5.74, 6) is 0.313. The minimum atomic E-state index is -0.406. The van der Waals surface area contributed by atoms with Gasteiger partial charge in [-0.05, 0) is 23.3 Å². The van der Waals surface area contributed by atoms with E-state index >= 15 is 0 Å². The summed E-state index contributed by atoms with van der Waals surface area (Å²) in [5, 5.41) is 22.8. The lowest BCUT2D eigenvalue weighted by Gasteiger charge is -2.01. The molecule has 0 saturated carbocycles. The summed E-state index contributed by atoms with van der Waals surface area (Å²) in [4.78, 5) is 10.4. The fourth-order valence-electron chi connectivity index (χ4n) is 2.02. The molecule has 0 aliphatic carbocycles. The van der Waals surface area contributed by atoms with E-state index in [1.54, 1.807) is 24.3 Å². The number of nitro benzene ring substituents is 1. The molecule has 25 heavy (non-hydrogen) atoms. The van der Waals surface area contributed by atoms with Crippen LogP contribution in [0.1, 0.15) is 11.1 Å². The van der Waals surface area contributed by atoms with Crippen molar-refractivity contribution >= 4 is 33.9 Å². The summed E-state index contributed by atoms with van der Waals surface area (Å²) in [6, 6.07) is 12.8. The molecule has 0 bridgehead atoms. The average Bonchev–Trinajstić information content (AvgIpc) is 3.08. The quantitative estimate of drug-likeness (QED) is 0.372. The van der Waals surface area contributed by atoms with Crippen LogP contribution < -0.4 is 5.32 Å². The van der Waals surface area contributed by atoms with Gasteiger partial charge in [-0.15, -0.1) is 10.2 Å². The van der Waals surface area contributed by atoms with Gasteiger partial charge < -0.3 is 5.32 Å². The summed E-state index contributed by atoms with van der Waals surface area (Å²) in [7, 11) is 0. The molecule has 3 aromatic rings. The van der Waals surface area contributed by atoms with Gasteiger partial charge in [-0.1, -0.05) is 47.4 Å². The fourth-order valence-corrected chi connectivity index (χ4v) is 3.71. The molecule has 9 heteroatoms. The minimum absolute atomic E-state index is 0.0806. The largest absolute Gasteiger partial charge is 0.356 e. The zero-order valence-corrected chi connectivity index (χ0v) is 14.5. The normalized spacial score (nSPS) is 10.6. The van der Waals surface area contributed by atoms with Crippen molar-refractivity contribution in [2.75, 3.05) is 5.32 Å². The van der Waals surface area contributed by atoms with Crippen molar-refractivity contribution < 1.29 is 9.31 Å². The number of hydrogen-bond donors (Lipinski definition) is 1. The number of anilines is 1. The number of halogens is 1. The third kappa shape index (κ3) is 4.97. The highest BCUT2D eigenvalue weighted by Crippen LogP contribution is 2.29. The van der Waals surface area contributed by atoms with Crippen LogP contribution in [0.15, 0.2) is 52.9 Å². The van der Waals surface area contributed by atoms with Crippen LogP contribution in [0, 0.1) is 15.9 Å². The molecule has 0 fully saturated rings. The maximum atomic E-state index is 12.9. The van der Waals surface area contributed by atoms with Crippen LogP contribution in [-0.4, -0.2) is 15.1 Å². The fraction of sp³-hybridized carbons (Fsp3) is 0.125. The highest BCUT2D eigenvalue weighted by atomic mass is 32.2. The van der Waals surface area contributed by atoms with Gasteiger partial charge in [-0.3, -0.25) is 10.1 Å². The molecule has 6 nitrogen and oxygen atoms in total. The predicted molar refractivity (Wildman–Crippen MR) is 96.3 cm³/mol. The number of benzene rings is 2. The van der Waals surface area contributed by atoms with E-state index in [0.29, 0.717) is 17.4 Å². The number of nitrogens with one attached hydrogen (secondary N) is 1. The van der Waals surface area contributed by atoms with Crippen molar-refractivity contribution in [3.05, 3.63) is 75.6 Å². The van der Waals surface area contributed by atoms with Gasteiger partial charge in [0.1, 0.15) is 5.82 Å². The van der Waals surface area contributed by atoms with E-state index in [9.17, 15) is 14.5 Å². The van der Waals surface area contributed by atoms with Crippen LogP contribution >= 0.6 is 23.1 Å². The third-order valence-electron chi connectivity index (χ3n) is 3.25. The Kier molecular flexibility index (Phi) is 5.56. The van der Waals surface area contributed by atoms with Crippen LogP contribution in [-0.2, 0) is 12.3 Å². The van der Waals surface area contributed by atoms with Gasteiger partial charge in [0.2, 0.25) is 5.13 Å². The van der Waals surface area contributed by atoms with E-state index in [1.807, 2.05) is 6.07 Å². The second kappa shape index (κ2) is 8.04. The molecular weight excluding hydrogens is 363 g/mol. The zero-order valence-electron chi connectivity index (χ0n) is 12.9. The monoisotopic (exact) mass is 376 g/mol. The van der Waals surface area contributed by atoms with Crippen LogP contribution in [0.5, 0.6) is 0 Å². The summed E-state index contributed by atoms with van der Waals surface area (Å²) in [6.07, 6.45) is 0. The number of rotatable bonds is 7. The highest BCUT2D eigenvalue weighted by Gasteiger charge is 2.08. The molecule has 0 spiro atoms. The molecule has 128 valence electrons. The second-order valence-corrected chi connectivity index (χ2v) is 7.27. The summed E-state index contributed by atoms with van der Waals surface area (Å²) in [5.41, 5.74) is 1.88. The number of non-ortho nitro benzene ring substituents is 1. The Balaban J connectivity index is 1.54. The number of hydrogen-bond acceptors (Lipinski definition) is 7. The maximum absolute atomic E-state index is 12.9. The SMILES string of the molecule is O=[N+]([O-])c1cccc(CSc2nnc(NCc3ccc(F)cc3)s2)c1. The van der Waals surface area contributed by atoms with Gasteiger partial charge in [0.25, 0.3) is 5.69 Å². The summed E-state index contributed by atoms with van der Waals surface area (Å²) in [6.45, 7) is 0.532. The minimum Gasteiger partial charge on any atom is -0.356 e.